The van der Waals surface area contributed by atoms with Crippen LogP contribution in [0.1, 0.15) is 29.4 Å². The van der Waals surface area contributed by atoms with Gasteiger partial charge in [0, 0.05) is 0 Å². The Morgan fingerprint density at radius 2 is 1.27 bits per heavy atom. The number of rotatable bonds is 2. The van der Waals surface area contributed by atoms with Crippen LogP contribution < -0.4 is 4.90 Å². The van der Waals surface area contributed by atoms with Crippen molar-refractivity contribution in [2.75, 3.05) is 19.0 Å². The van der Waals surface area contributed by atoms with Crippen LogP contribution >= 0.6 is 0 Å². The van der Waals surface area contributed by atoms with Gasteiger partial charge in [0.05, 0.1) is 0 Å². The summed E-state index contributed by atoms with van der Waals surface area (Å²) in [4.78, 5) is 41.5. The molecule has 0 unspecified atom stereocenters. The minimum absolute atomic E-state index is 0.0166. The number of carbonyl (C=O) groups is 3. The van der Waals surface area contributed by atoms with Crippen molar-refractivity contribution in [3.05, 3.63) is 81.8 Å². The second-order valence-corrected chi connectivity index (χ2v) is 11.0. The Morgan fingerprint density at radius 3 is 1.82 bits per heavy atom. The van der Waals surface area contributed by atoms with Crippen molar-refractivity contribution in [3.63, 3.8) is 0 Å². The minimum atomic E-state index is -0.615. The normalized spacial score (nSPS) is 17.3. The molecule has 2 aromatic carbocycles. The molecule has 0 N–H and O–H groups in total. The van der Waals surface area contributed by atoms with E-state index in [9.17, 15) is 14.4 Å². The standard InChI is InChI=1S/C26H23N3O3Se/c1-26(2)18-9-5-7-11-20(18)29(21-12-8-6-10-19(21)26)22-14-13-16(33-22)15-17-23(30)27(3)25(32)28(4)24(17)31/h5-15H,1-4H3. The Hall–Kier alpha value is -3.41. The van der Waals surface area contributed by atoms with Gasteiger partial charge in [-0.2, -0.15) is 0 Å². The molecule has 7 heteroatoms. The van der Waals surface area contributed by atoms with E-state index in [1.165, 1.54) is 25.2 Å². The van der Waals surface area contributed by atoms with Gasteiger partial charge >= 0.3 is 199 Å². The summed E-state index contributed by atoms with van der Waals surface area (Å²) >= 11 is -0.131. The number of nitrogens with zero attached hydrogens (tertiary/aromatic N) is 3. The molecular weight excluding hydrogens is 481 g/mol. The second kappa shape index (κ2) is 7.58. The molecule has 6 nitrogen and oxygen atoms in total. The van der Waals surface area contributed by atoms with Crippen LogP contribution in [0.15, 0.2) is 66.2 Å². The topological polar surface area (TPSA) is 60.9 Å². The number of urea groups is 1. The first-order valence-electron chi connectivity index (χ1n) is 10.6. The Kier molecular flexibility index (Phi) is 4.92. The summed E-state index contributed by atoms with van der Waals surface area (Å²) in [5.41, 5.74) is 4.69. The first-order valence-corrected chi connectivity index (χ1v) is 12.3. The Balaban J connectivity index is 1.61. The molecule has 3 aromatic rings. The molecule has 0 radical (unpaired) electrons. The average Bonchev–Trinajstić information content (AvgIpc) is 3.28. The third-order valence-corrected chi connectivity index (χ3v) is 8.53. The Labute approximate surface area is 198 Å². The summed E-state index contributed by atoms with van der Waals surface area (Å²) in [5.74, 6) is -1.13. The summed E-state index contributed by atoms with van der Waals surface area (Å²) in [6.45, 7) is 4.50. The van der Waals surface area contributed by atoms with Crippen molar-refractivity contribution >= 4 is 54.4 Å². The van der Waals surface area contributed by atoms with E-state index in [1.54, 1.807) is 6.08 Å². The Bertz CT molecular complexity index is 1280. The van der Waals surface area contributed by atoms with Gasteiger partial charge in [0.1, 0.15) is 0 Å². The van der Waals surface area contributed by atoms with Crippen LogP contribution in [0.25, 0.3) is 6.08 Å². The number of para-hydroxylation sites is 2. The SMILES string of the molecule is CN1C(=O)C(=Cc2ccc(N3c4ccccc4C(C)(C)c4ccccc43)[se]2)C(=O)N(C)C1=O. The number of anilines is 3. The predicted molar refractivity (Wildman–Crippen MR) is 129 cm³/mol. The number of hydrogen-bond acceptors (Lipinski definition) is 4. The fraction of sp³-hybridized carbons (Fsp3) is 0.192. The molecule has 0 aliphatic carbocycles. The molecule has 1 saturated heterocycles. The van der Waals surface area contributed by atoms with Crippen LogP contribution in [-0.2, 0) is 15.0 Å². The van der Waals surface area contributed by atoms with Crippen molar-refractivity contribution in [2.24, 2.45) is 0 Å². The Morgan fingerprint density at radius 1 is 0.758 bits per heavy atom. The number of amides is 4. The van der Waals surface area contributed by atoms with Gasteiger partial charge in [0.25, 0.3) is 0 Å². The zero-order valence-corrected chi connectivity index (χ0v) is 20.5. The van der Waals surface area contributed by atoms with Crippen molar-refractivity contribution in [1.82, 2.24) is 9.80 Å². The molecule has 1 aromatic heterocycles. The van der Waals surface area contributed by atoms with E-state index < -0.39 is 17.8 Å². The first-order chi connectivity index (χ1) is 15.7. The summed E-state index contributed by atoms with van der Waals surface area (Å²) in [6, 6.07) is 20.3. The summed E-state index contributed by atoms with van der Waals surface area (Å²) in [6.07, 6.45) is 1.64. The van der Waals surface area contributed by atoms with Gasteiger partial charge in [0.15, 0.2) is 0 Å². The molecule has 0 atom stereocenters. The molecule has 2 aliphatic rings. The first kappa shape index (κ1) is 21.4. The molecule has 0 spiro atoms. The number of carbonyl (C=O) groups excluding carboxylic acids is 3. The predicted octanol–water partition coefficient (Wildman–Crippen LogP) is 4.29. The third-order valence-electron chi connectivity index (χ3n) is 6.40. The molecule has 166 valence electrons. The van der Waals surface area contributed by atoms with Gasteiger partial charge in [0.2, 0.25) is 0 Å². The van der Waals surface area contributed by atoms with E-state index in [-0.39, 0.29) is 25.5 Å². The number of imide groups is 2. The van der Waals surface area contributed by atoms with Gasteiger partial charge in [-0.3, -0.25) is 0 Å². The molecule has 0 saturated carbocycles. The zero-order chi connectivity index (χ0) is 23.5. The monoisotopic (exact) mass is 505 g/mol. The van der Waals surface area contributed by atoms with Crippen LogP contribution in [0.3, 0.4) is 0 Å². The van der Waals surface area contributed by atoms with Crippen molar-refractivity contribution < 1.29 is 14.4 Å². The number of barbiturate groups is 1. The number of hydrogen-bond donors (Lipinski definition) is 0. The van der Waals surface area contributed by atoms with Gasteiger partial charge in [-0.1, -0.05) is 0 Å². The molecule has 2 aliphatic heterocycles. The number of likely N-dealkylation sites (N-methyl/N-ethyl adjacent to an activating group) is 2. The van der Waals surface area contributed by atoms with Gasteiger partial charge in [-0.25, -0.2) is 0 Å². The van der Waals surface area contributed by atoms with Gasteiger partial charge in [-0.15, -0.1) is 0 Å². The molecule has 0 bridgehead atoms. The van der Waals surface area contributed by atoms with E-state index in [0.29, 0.717) is 0 Å². The second-order valence-electron chi connectivity index (χ2n) is 8.74. The van der Waals surface area contributed by atoms with Crippen LogP contribution in [0.5, 0.6) is 0 Å². The zero-order valence-electron chi connectivity index (χ0n) is 18.8. The average molecular weight is 504 g/mol. The quantitative estimate of drug-likeness (QED) is 0.297. The molecule has 5 rings (SSSR count). The van der Waals surface area contributed by atoms with Crippen molar-refractivity contribution in [1.29, 1.82) is 0 Å². The van der Waals surface area contributed by atoms with Crippen LogP contribution in [-0.4, -0.2) is 56.2 Å². The fourth-order valence-corrected chi connectivity index (χ4v) is 6.62. The maximum atomic E-state index is 12.6. The van der Waals surface area contributed by atoms with Gasteiger partial charge in [-0.05, 0) is 0 Å². The van der Waals surface area contributed by atoms with E-state index in [0.717, 1.165) is 30.2 Å². The molecule has 33 heavy (non-hydrogen) atoms. The van der Waals surface area contributed by atoms with Crippen molar-refractivity contribution in [3.8, 4) is 0 Å². The summed E-state index contributed by atoms with van der Waals surface area (Å²) in [5, 5.41) is 0. The van der Waals surface area contributed by atoms with Crippen LogP contribution in [0.2, 0.25) is 0 Å². The van der Waals surface area contributed by atoms with E-state index >= 15 is 0 Å². The fourth-order valence-electron chi connectivity index (χ4n) is 4.56. The summed E-state index contributed by atoms with van der Waals surface area (Å²) in [7, 11) is 2.78. The van der Waals surface area contributed by atoms with Crippen LogP contribution in [0.4, 0.5) is 20.7 Å². The third kappa shape index (κ3) is 3.19. The van der Waals surface area contributed by atoms with E-state index in [2.05, 4.69) is 73.3 Å². The molecular formula is C26H23N3O3Se. The number of fused-ring (bicyclic) bond motifs is 2. The van der Waals surface area contributed by atoms with Crippen molar-refractivity contribution in [2.45, 2.75) is 19.3 Å². The van der Waals surface area contributed by atoms with Gasteiger partial charge < -0.3 is 0 Å². The summed E-state index contributed by atoms with van der Waals surface area (Å²) < 4.78 is 2.03. The number of benzene rings is 2. The van der Waals surface area contributed by atoms with E-state index in [4.69, 9.17) is 0 Å². The maximum absolute atomic E-state index is 12.6. The molecule has 1 fully saturated rings. The van der Waals surface area contributed by atoms with Crippen LogP contribution in [0, 0.1) is 0 Å². The molecule has 3 heterocycles. The molecule has 4 amide bonds. The van der Waals surface area contributed by atoms with E-state index in [1.807, 2.05) is 6.07 Å².